The molecule has 1 atom stereocenters. The van der Waals surface area contributed by atoms with Gasteiger partial charge in [-0.15, -0.1) is 0 Å². The highest BCUT2D eigenvalue weighted by Gasteiger charge is 2.08. The van der Waals surface area contributed by atoms with E-state index in [1.165, 1.54) is 17.7 Å². The highest BCUT2D eigenvalue weighted by atomic mass is 32.2. The van der Waals surface area contributed by atoms with E-state index in [9.17, 15) is 13.2 Å². The molecule has 26 heavy (non-hydrogen) atoms. The van der Waals surface area contributed by atoms with Gasteiger partial charge in [0.05, 0.1) is 4.90 Å². The summed E-state index contributed by atoms with van der Waals surface area (Å²) < 4.78 is 22.4. The van der Waals surface area contributed by atoms with Crippen molar-refractivity contribution in [2.45, 2.75) is 30.7 Å². The molecule has 2 aromatic carbocycles. The minimum absolute atomic E-state index is 0.0149. The lowest BCUT2D eigenvalue weighted by molar-refractivity contribution is -0.120. The van der Waals surface area contributed by atoms with Gasteiger partial charge in [0, 0.05) is 25.6 Å². The average Bonchev–Trinajstić information content (AvgIpc) is 2.62. The summed E-state index contributed by atoms with van der Waals surface area (Å²) in [5.41, 5.74) is 2.13. The predicted molar refractivity (Wildman–Crippen MR) is 102 cm³/mol. The number of sulfonamides is 1. The lowest BCUT2D eigenvalue weighted by atomic mass is 10.1. The molecule has 1 unspecified atom stereocenters. The van der Waals surface area contributed by atoms with Gasteiger partial charge >= 0.3 is 0 Å². The van der Waals surface area contributed by atoms with Crippen LogP contribution in [0.4, 0.5) is 0 Å². The van der Waals surface area contributed by atoms with E-state index in [0.717, 1.165) is 5.56 Å². The Hall–Kier alpha value is -2.22. The summed E-state index contributed by atoms with van der Waals surface area (Å²) >= 11 is 0. The summed E-state index contributed by atoms with van der Waals surface area (Å²) in [7, 11) is -3.67. The third kappa shape index (κ3) is 6.59. The maximum absolute atomic E-state index is 11.9. The molecule has 0 aliphatic carbocycles. The number of primary sulfonamides is 1. The molecule has 0 saturated carbocycles. The van der Waals surface area contributed by atoms with E-state index in [2.05, 4.69) is 29.7 Å². The quantitative estimate of drug-likeness (QED) is 0.621. The largest absolute Gasteiger partial charge is 0.356 e. The minimum atomic E-state index is -3.67. The summed E-state index contributed by atoms with van der Waals surface area (Å²) in [5.74, 6) is -0.0149. The van der Waals surface area contributed by atoms with Gasteiger partial charge in [-0.2, -0.15) is 0 Å². The summed E-state index contributed by atoms with van der Waals surface area (Å²) in [6.45, 7) is 3.17. The first-order chi connectivity index (χ1) is 12.4. The van der Waals surface area contributed by atoms with Gasteiger partial charge in [0.25, 0.3) is 0 Å². The number of benzene rings is 2. The molecule has 0 aliphatic heterocycles. The van der Waals surface area contributed by atoms with Crippen molar-refractivity contribution in [3.05, 3.63) is 65.7 Å². The monoisotopic (exact) mass is 375 g/mol. The molecule has 0 saturated heterocycles. The number of rotatable bonds is 9. The zero-order chi connectivity index (χ0) is 19.0. The Balaban J connectivity index is 1.66. The van der Waals surface area contributed by atoms with Crippen LogP contribution in [-0.4, -0.2) is 27.4 Å². The Morgan fingerprint density at radius 2 is 1.69 bits per heavy atom. The molecule has 4 N–H and O–H groups in total. The molecular formula is C19H25N3O3S. The van der Waals surface area contributed by atoms with Crippen LogP contribution in [-0.2, 0) is 21.2 Å². The van der Waals surface area contributed by atoms with Crippen molar-refractivity contribution in [3.63, 3.8) is 0 Å². The summed E-state index contributed by atoms with van der Waals surface area (Å²) in [6.07, 6.45) is 1.03. The fourth-order valence-corrected chi connectivity index (χ4v) is 3.06. The molecule has 1 amide bonds. The van der Waals surface area contributed by atoms with Crippen LogP contribution in [0.15, 0.2) is 59.5 Å². The van der Waals surface area contributed by atoms with E-state index in [1.54, 1.807) is 12.1 Å². The van der Waals surface area contributed by atoms with Gasteiger partial charge in [-0.3, -0.25) is 4.79 Å². The van der Waals surface area contributed by atoms with Gasteiger partial charge in [-0.1, -0.05) is 42.5 Å². The second kappa shape index (κ2) is 9.47. The molecule has 0 fully saturated rings. The van der Waals surface area contributed by atoms with Crippen LogP contribution in [0.25, 0.3) is 0 Å². The van der Waals surface area contributed by atoms with Gasteiger partial charge in [0.15, 0.2) is 0 Å². The van der Waals surface area contributed by atoms with Gasteiger partial charge in [0.1, 0.15) is 0 Å². The van der Waals surface area contributed by atoms with Crippen molar-refractivity contribution in [2.75, 3.05) is 13.1 Å². The molecule has 0 radical (unpaired) electrons. The Labute approximate surface area is 154 Å². The summed E-state index contributed by atoms with van der Waals surface area (Å²) in [6, 6.07) is 16.6. The van der Waals surface area contributed by atoms with Crippen LogP contribution < -0.4 is 15.8 Å². The van der Waals surface area contributed by atoms with E-state index in [4.69, 9.17) is 5.14 Å². The van der Waals surface area contributed by atoms with Crippen LogP contribution in [0, 0.1) is 0 Å². The zero-order valence-corrected chi connectivity index (χ0v) is 15.6. The fourth-order valence-electron chi connectivity index (χ4n) is 2.54. The number of amides is 1. The average molecular weight is 375 g/mol. The first kappa shape index (κ1) is 20.1. The SMILES string of the molecule is CC(NCCC(=O)NCCc1ccc(S(N)(=O)=O)cc1)c1ccccc1. The van der Waals surface area contributed by atoms with E-state index < -0.39 is 10.0 Å². The normalized spacial score (nSPS) is 12.5. The Morgan fingerprint density at radius 1 is 1.04 bits per heavy atom. The molecule has 7 heteroatoms. The first-order valence-corrected chi connectivity index (χ1v) is 10.1. The van der Waals surface area contributed by atoms with Crippen LogP contribution in [0.5, 0.6) is 0 Å². The second-order valence-corrected chi connectivity index (χ2v) is 7.69. The van der Waals surface area contributed by atoms with Gasteiger partial charge in [0.2, 0.25) is 15.9 Å². The molecule has 0 heterocycles. The fraction of sp³-hybridized carbons (Fsp3) is 0.316. The number of nitrogens with one attached hydrogen (secondary N) is 2. The second-order valence-electron chi connectivity index (χ2n) is 6.13. The number of hydrogen-bond acceptors (Lipinski definition) is 4. The van der Waals surface area contributed by atoms with E-state index in [1.807, 2.05) is 18.2 Å². The molecule has 0 bridgehead atoms. The van der Waals surface area contributed by atoms with E-state index in [0.29, 0.717) is 25.9 Å². The van der Waals surface area contributed by atoms with Gasteiger partial charge in [-0.05, 0) is 36.6 Å². The molecule has 2 rings (SSSR count). The van der Waals surface area contributed by atoms with E-state index >= 15 is 0 Å². The Bertz CT molecular complexity index is 806. The third-order valence-electron chi connectivity index (χ3n) is 4.09. The number of carbonyl (C=O) groups is 1. The third-order valence-corrected chi connectivity index (χ3v) is 5.02. The van der Waals surface area contributed by atoms with Crippen LogP contribution in [0.1, 0.15) is 30.5 Å². The highest BCUT2D eigenvalue weighted by Crippen LogP contribution is 2.11. The van der Waals surface area contributed by atoms with E-state index in [-0.39, 0.29) is 16.8 Å². The molecule has 0 spiro atoms. The maximum atomic E-state index is 11.9. The summed E-state index contributed by atoms with van der Waals surface area (Å²) in [5, 5.41) is 11.3. The topological polar surface area (TPSA) is 101 Å². The molecule has 140 valence electrons. The van der Waals surface area contributed by atoms with Crippen molar-refractivity contribution in [1.82, 2.24) is 10.6 Å². The van der Waals surface area contributed by atoms with Crippen molar-refractivity contribution >= 4 is 15.9 Å². The molecule has 2 aromatic rings. The van der Waals surface area contributed by atoms with Gasteiger partial charge in [-0.25, -0.2) is 13.6 Å². The number of hydrogen-bond donors (Lipinski definition) is 3. The highest BCUT2D eigenvalue weighted by molar-refractivity contribution is 7.89. The molecule has 6 nitrogen and oxygen atoms in total. The Morgan fingerprint density at radius 3 is 2.31 bits per heavy atom. The maximum Gasteiger partial charge on any atom is 0.238 e. The van der Waals surface area contributed by atoms with Gasteiger partial charge < -0.3 is 10.6 Å². The standard InChI is InChI=1S/C19H25N3O3S/c1-15(17-5-3-2-4-6-17)21-14-12-19(23)22-13-11-16-7-9-18(10-8-16)26(20,24)25/h2-10,15,21H,11-14H2,1H3,(H,22,23)(H2,20,24,25). The smallest absolute Gasteiger partial charge is 0.238 e. The lowest BCUT2D eigenvalue weighted by Gasteiger charge is -2.14. The van der Waals surface area contributed by atoms with Crippen LogP contribution >= 0.6 is 0 Å². The predicted octanol–water partition coefficient (Wildman–Crippen LogP) is 1.73. The van der Waals surface area contributed by atoms with Crippen molar-refractivity contribution in [3.8, 4) is 0 Å². The first-order valence-electron chi connectivity index (χ1n) is 8.53. The van der Waals surface area contributed by atoms with Crippen molar-refractivity contribution in [2.24, 2.45) is 5.14 Å². The summed E-state index contributed by atoms with van der Waals surface area (Å²) in [4.78, 5) is 12.0. The van der Waals surface area contributed by atoms with Crippen molar-refractivity contribution in [1.29, 1.82) is 0 Å². The molecule has 0 aromatic heterocycles. The zero-order valence-electron chi connectivity index (χ0n) is 14.8. The lowest BCUT2D eigenvalue weighted by Crippen LogP contribution is -2.30. The van der Waals surface area contributed by atoms with Crippen LogP contribution in [0.3, 0.4) is 0 Å². The van der Waals surface area contributed by atoms with Crippen LogP contribution in [0.2, 0.25) is 0 Å². The molecular weight excluding hydrogens is 350 g/mol. The number of nitrogens with two attached hydrogens (primary N) is 1. The number of carbonyl (C=O) groups excluding carboxylic acids is 1. The Kier molecular flexibility index (Phi) is 7.32. The van der Waals surface area contributed by atoms with Crippen molar-refractivity contribution < 1.29 is 13.2 Å². The molecule has 0 aliphatic rings. The minimum Gasteiger partial charge on any atom is -0.356 e.